The summed E-state index contributed by atoms with van der Waals surface area (Å²) in [5, 5.41) is 73.8. The van der Waals surface area contributed by atoms with Gasteiger partial charge >= 0.3 is 35.8 Å². The molecule has 0 aliphatic heterocycles. The zero-order valence-corrected chi connectivity index (χ0v) is 76.5. The smallest absolute Gasteiger partial charge is 0.326 e. The van der Waals surface area contributed by atoms with Crippen LogP contribution >= 0.6 is 0 Å². The van der Waals surface area contributed by atoms with E-state index in [1.807, 2.05) is 6.92 Å². The zero-order valence-electron chi connectivity index (χ0n) is 76.5. The van der Waals surface area contributed by atoms with E-state index >= 15 is 0 Å². The number of carboxylic acids is 6. The Morgan fingerprint density at radius 2 is 0.574 bits per heavy atom. The van der Waals surface area contributed by atoms with E-state index in [1.165, 1.54) is 6.92 Å². The van der Waals surface area contributed by atoms with Crippen LogP contribution in [0.1, 0.15) is 299 Å². The standard InChI is InChI=1S/C90H153N7O32.2H2/c1-67(29-23-25-45-91-82(107)64-127-58-54-123-50-28-33-73(101)63-126-57-55-124-51-47-93-78(103)43-40-75(89(118)119)97-81(106)44-41-76(90(120)121)95-79(104)34-20-16-12-8-4-6-10-14-18-22-36-86(112)113)77(102)62-69(68(2)98)30-24-26-46-92-83(108)65-129-60-56-125-52-48-94-84(109)66-128-59-53-122-49-27-32-71(99)38-39-74(88(116)117)96-80(105)42-37-70(87(114)115)61-72(100)31-19-15-11-7-3-5-9-13-17-21-35-85(110)111;;/h67,69-70,74-76H,3-66H2,1-2H3,(H,91,107)(H,92,108)(H,93,103)(H,94,109)(H,95,104)(H,96,105)(H,97,106)(H,110,111)(H,112,113)(H,114,115)(H,116,117)(H,118,119)(H,120,121);2*1H/t67-,69+,70+,74-,75-,76-;;/m0../s1. The van der Waals surface area contributed by atoms with Gasteiger partial charge in [-0.3, -0.25) is 71.9 Å². The highest BCUT2D eigenvalue weighted by molar-refractivity contribution is 5.89. The third kappa shape index (κ3) is 77.6. The van der Waals surface area contributed by atoms with Crippen LogP contribution in [-0.4, -0.2) is 287 Å². The molecular weight excluding hydrogens is 1690 g/mol. The molecule has 0 aliphatic rings. The molecule has 0 bridgehead atoms. The minimum absolute atomic E-state index is 0. The molecule has 39 nitrogen and oxygen atoms in total. The van der Waals surface area contributed by atoms with Gasteiger partial charge in [-0.15, -0.1) is 0 Å². The number of hydrogen-bond acceptors (Lipinski definition) is 26. The first-order valence-corrected chi connectivity index (χ1v) is 46.4. The van der Waals surface area contributed by atoms with E-state index in [0.717, 1.165) is 103 Å². The van der Waals surface area contributed by atoms with Crippen molar-refractivity contribution in [3.05, 3.63) is 0 Å². The number of unbranched alkanes of at least 4 members (excludes halogenated alkanes) is 20. The highest BCUT2D eigenvalue weighted by atomic mass is 16.5. The first-order chi connectivity index (χ1) is 61.9. The van der Waals surface area contributed by atoms with Gasteiger partial charge in [0.1, 0.15) is 67.7 Å². The Hall–Kier alpha value is -8.86. The Labute approximate surface area is 762 Å². The molecule has 0 aromatic carbocycles. The van der Waals surface area contributed by atoms with E-state index < -0.39 is 89.4 Å². The fourth-order valence-electron chi connectivity index (χ4n) is 13.3. The van der Waals surface area contributed by atoms with Crippen molar-refractivity contribution < 1.29 is 158 Å². The number of nitrogens with one attached hydrogen (secondary N) is 7. The Balaban J connectivity index is -0.0000819. The molecule has 0 saturated heterocycles. The van der Waals surface area contributed by atoms with Crippen LogP contribution in [0.4, 0.5) is 0 Å². The van der Waals surface area contributed by atoms with Crippen molar-refractivity contribution in [1.82, 2.24) is 37.2 Å². The van der Waals surface area contributed by atoms with E-state index in [9.17, 15) is 107 Å². The van der Waals surface area contributed by atoms with Gasteiger partial charge in [0.2, 0.25) is 41.4 Å². The lowest BCUT2D eigenvalue weighted by molar-refractivity contribution is -0.145. The second kappa shape index (κ2) is 82.3. The highest BCUT2D eigenvalue weighted by Crippen LogP contribution is 2.22. The number of aliphatic carboxylic acids is 6. The van der Waals surface area contributed by atoms with Gasteiger partial charge in [0, 0.05) is 131 Å². The molecule has 0 saturated carbocycles. The minimum Gasteiger partial charge on any atom is -0.481 e. The molecule has 0 aliphatic carbocycles. The first-order valence-electron chi connectivity index (χ1n) is 46.4. The maximum absolute atomic E-state index is 13.1. The van der Waals surface area contributed by atoms with Crippen molar-refractivity contribution in [2.75, 3.05) is 132 Å². The number of carboxylic acid groups (broad SMARTS) is 6. The second-order valence-corrected chi connectivity index (χ2v) is 32.4. The monoisotopic (exact) mass is 1850 g/mol. The van der Waals surface area contributed by atoms with Crippen LogP contribution in [-0.2, 0) is 124 Å². The SMILES string of the molecule is CC(=O)[C@H](CCCCNC(=O)COCCOCCNC(=O)COCCOCCCC(=O)CC[C@H](NC(=O)CC[C@H](CC(=O)CCCCCCCCCCCCC(=O)O)C(=O)O)C(=O)O)CC(=O)[C@@H](C)CCCCNC(=O)COCCOCCCC(=O)COCCOCCNC(=O)CC[C@H](NC(=O)CC[C@H](NC(=O)CCCCCCCCCCCCC(=O)O)C(=O)O)C(=O)O.[HH].[HH]. The van der Waals surface area contributed by atoms with Gasteiger partial charge in [0.05, 0.1) is 72.0 Å². The summed E-state index contributed by atoms with van der Waals surface area (Å²) in [6, 6.07) is -4.14. The molecule has 7 amide bonds. The summed E-state index contributed by atoms with van der Waals surface area (Å²) in [6.45, 7) is 5.52. The molecule has 129 heavy (non-hydrogen) atoms. The fourth-order valence-corrected chi connectivity index (χ4v) is 13.3. The summed E-state index contributed by atoms with van der Waals surface area (Å²) >= 11 is 0. The summed E-state index contributed by atoms with van der Waals surface area (Å²) < 4.78 is 43.3. The third-order valence-corrected chi connectivity index (χ3v) is 21.0. The van der Waals surface area contributed by atoms with Gasteiger partial charge in [-0.25, -0.2) is 14.4 Å². The average Bonchev–Trinajstić information content (AvgIpc) is 0.915. The van der Waals surface area contributed by atoms with E-state index in [-0.39, 0.29) is 277 Å². The lowest BCUT2D eigenvalue weighted by Gasteiger charge is -2.17. The Morgan fingerprint density at radius 3 is 0.984 bits per heavy atom. The lowest BCUT2D eigenvalue weighted by atomic mass is 9.87. The molecule has 744 valence electrons. The number of Topliss-reactive ketones (excluding diaryl/α,β-unsaturated/α-hetero) is 5. The summed E-state index contributed by atoms with van der Waals surface area (Å²) in [5.74, 6) is -12.8. The molecule has 0 aromatic rings. The van der Waals surface area contributed by atoms with Gasteiger partial charge in [-0.1, -0.05) is 122 Å². The van der Waals surface area contributed by atoms with Gasteiger partial charge < -0.3 is 106 Å². The van der Waals surface area contributed by atoms with E-state index in [4.69, 9.17) is 48.1 Å². The van der Waals surface area contributed by atoms with E-state index in [0.29, 0.717) is 90.1 Å². The van der Waals surface area contributed by atoms with Gasteiger partial charge in [0.15, 0.2) is 5.78 Å². The summed E-state index contributed by atoms with van der Waals surface area (Å²) in [5.41, 5.74) is 0. The molecule has 0 fully saturated rings. The Kier molecular flexibility index (Phi) is 76.7. The van der Waals surface area contributed by atoms with Crippen LogP contribution in [0.2, 0.25) is 0 Å². The predicted molar refractivity (Wildman–Crippen MR) is 474 cm³/mol. The van der Waals surface area contributed by atoms with Crippen LogP contribution in [0.25, 0.3) is 0 Å². The predicted octanol–water partition coefficient (Wildman–Crippen LogP) is 7.94. The topological polar surface area (TPSA) is 587 Å². The fraction of sp³-hybridized carbons (Fsp3) is 0.800. The van der Waals surface area contributed by atoms with Crippen LogP contribution in [0.15, 0.2) is 0 Å². The zero-order chi connectivity index (χ0) is 95.7. The maximum atomic E-state index is 13.1. The highest BCUT2D eigenvalue weighted by Gasteiger charge is 2.28. The number of carbonyl (C=O) groups is 18. The van der Waals surface area contributed by atoms with Crippen molar-refractivity contribution >= 4 is 106 Å². The molecule has 39 heteroatoms. The van der Waals surface area contributed by atoms with Crippen LogP contribution in [0.5, 0.6) is 0 Å². The van der Waals surface area contributed by atoms with Crippen molar-refractivity contribution in [2.24, 2.45) is 17.8 Å². The maximum Gasteiger partial charge on any atom is 0.326 e. The normalized spacial score (nSPS) is 12.6. The van der Waals surface area contributed by atoms with Gasteiger partial charge in [0.25, 0.3) is 0 Å². The molecule has 0 heterocycles. The molecule has 6 atom stereocenters. The number of rotatable bonds is 95. The number of carbonyl (C=O) groups excluding carboxylic acids is 12. The molecule has 0 rings (SSSR count). The number of ketones is 5. The van der Waals surface area contributed by atoms with E-state index in [2.05, 4.69) is 37.2 Å². The summed E-state index contributed by atoms with van der Waals surface area (Å²) in [4.78, 5) is 218. The number of amides is 7. The van der Waals surface area contributed by atoms with Crippen molar-refractivity contribution in [1.29, 1.82) is 0 Å². The molecular formula is C90H157N7O32. The van der Waals surface area contributed by atoms with E-state index in [1.54, 1.807) is 0 Å². The van der Waals surface area contributed by atoms with Crippen molar-refractivity contribution in [3.8, 4) is 0 Å². The van der Waals surface area contributed by atoms with Crippen LogP contribution in [0.3, 0.4) is 0 Å². The van der Waals surface area contributed by atoms with Crippen LogP contribution in [0, 0.1) is 17.8 Å². The Morgan fingerprint density at radius 1 is 0.248 bits per heavy atom. The summed E-state index contributed by atoms with van der Waals surface area (Å²) in [7, 11) is 0. The number of ether oxygens (including phenoxy) is 8. The van der Waals surface area contributed by atoms with Gasteiger partial charge in [-0.05, 0) is 96.8 Å². The summed E-state index contributed by atoms with van der Waals surface area (Å²) in [6.07, 6.45) is 21.7. The first kappa shape index (κ1) is 120. The third-order valence-electron chi connectivity index (χ3n) is 21.0. The quantitative estimate of drug-likeness (QED) is 0.0257. The Bertz CT molecular complexity index is 3230. The second-order valence-electron chi connectivity index (χ2n) is 32.4. The lowest BCUT2D eigenvalue weighted by Crippen LogP contribution is -2.44. The largest absolute Gasteiger partial charge is 0.481 e. The molecule has 0 radical (unpaired) electrons. The van der Waals surface area contributed by atoms with Crippen molar-refractivity contribution in [3.63, 3.8) is 0 Å². The van der Waals surface area contributed by atoms with Crippen molar-refractivity contribution in [2.45, 2.75) is 314 Å². The molecule has 13 N–H and O–H groups in total. The average molecular weight is 1850 g/mol. The van der Waals surface area contributed by atoms with Crippen LogP contribution < -0.4 is 37.2 Å². The number of hydrogen-bond donors (Lipinski definition) is 13. The van der Waals surface area contributed by atoms with Gasteiger partial charge in [-0.2, -0.15) is 0 Å². The molecule has 0 unspecified atom stereocenters. The molecule has 0 spiro atoms. The molecule has 0 aromatic heterocycles. The minimum atomic E-state index is -1.42.